The lowest BCUT2D eigenvalue weighted by Crippen LogP contribution is -2.59. The van der Waals surface area contributed by atoms with Gasteiger partial charge in [0.2, 0.25) is 0 Å². The van der Waals surface area contributed by atoms with E-state index in [0.717, 1.165) is 25.0 Å². The largest absolute Gasteiger partial charge is 0.325 e. The molecular weight excluding hydrogens is 160 g/mol. The van der Waals surface area contributed by atoms with Crippen molar-refractivity contribution in [2.75, 3.05) is 13.1 Å². The van der Waals surface area contributed by atoms with Crippen LogP contribution in [0.15, 0.2) is 0 Å². The number of nitrogens with zero attached hydrogens (tertiary/aromatic N) is 1. The van der Waals surface area contributed by atoms with Gasteiger partial charge in [0.1, 0.15) is 0 Å². The maximum absolute atomic E-state index is 5.79. The molecule has 1 heterocycles. The van der Waals surface area contributed by atoms with Crippen molar-refractivity contribution in [1.29, 1.82) is 0 Å². The van der Waals surface area contributed by atoms with Gasteiger partial charge < -0.3 is 5.73 Å². The fourth-order valence-electron chi connectivity index (χ4n) is 2.77. The summed E-state index contributed by atoms with van der Waals surface area (Å²) in [6.45, 7) is 4.63. The van der Waals surface area contributed by atoms with Gasteiger partial charge in [0, 0.05) is 25.2 Å². The lowest BCUT2D eigenvalue weighted by molar-refractivity contribution is 0.0609. The van der Waals surface area contributed by atoms with E-state index in [1.807, 2.05) is 0 Å². The van der Waals surface area contributed by atoms with Crippen LogP contribution in [0.25, 0.3) is 0 Å². The first kappa shape index (κ1) is 9.47. The first-order valence-corrected chi connectivity index (χ1v) is 5.79. The summed E-state index contributed by atoms with van der Waals surface area (Å²) >= 11 is 0. The third-order valence-corrected chi connectivity index (χ3v) is 3.85. The second kappa shape index (κ2) is 3.97. The molecule has 2 nitrogen and oxygen atoms in total. The molecule has 0 bridgehead atoms. The summed E-state index contributed by atoms with van der Waals surface area (Å²) in [4.78, 5) is 2.58. The molecule has 0 aromatic carbocycles. The monoisotopic (exact) mass is 182 g/mol. The van der Waals surface area contributed by atoms with E-state index in [1.54, 1.807) is 0 Å². The topological polar surface area (TPSA) is 29.3 Å². The normalized spacial score (nSPS) is 37.4. The molecule has 1 saturated carbocycles. The average Bonchev–Trinajstić information content (AvgIpc) is 2.13. The van der Waals surface area contributed by atoms with E-state index in [9.17, 15) is 0 Å². The molecule has 0 radical (unpaired) electrons. The van der Waals surface area contributed by atoms with Gasteiger partial charge in [-0.05, 0) is 31.6 Å². The van der Waals surface area contributed by atoms with Gasteiger partial charge in [0.15, 0.2) is 0 Å². The number of hydrogen-bond acceptors (Lipinski definition) is 2. The molecular formula is C11H22N2. The quantitative estimate of drug-likeness (QED) is 0.703. The molecule has 2 aliphatic rings. The Hall–Kier alpha value is -0.0800. The molecule has 0 aromatic heterocycles. The molecule has 2 heteroatoms. The van der Waals surface area contributed by atoms with Crippen molar-refractivity contribution in [2.45, 2.75) is 51.1 Å². The van der Waals surface area contributed by atoms with Crippen molar-refractivity contribution >= 4 is 0 Å². The summed E-state index contributed by atoms with van der Waals surface area (Å²) in [5.41, 5.74) is 5.79. The first-order chi connectivity index (χ1) is 6.29. The second-order valence-corrected chi connectivity index (χ2v) is 4.80. The van der Waals surface area contributed by atoms with Crippen LogP contribution in [0.5, 0.6) is 0 Å². The molecule has 2 N–H and O–H groups in total. The van der Waals surface area contributed by atoms with Crippen molar-refractivity contribution < 1.29 is 0 Å². The van der Waals surface area contributed by atoms with Gasteiger partial charge in [-0.2, -0.15) is 0 Å². The summed E-state index contributed by atoms with van der Waals surface area (Å²) in [6.07, 6.45) is 7.13. The van der Waals surface area contributed by atoms with E-state index in [2.05, 4.69) is 11.8 Å². The van der Waals surface area contributed by atoms with Crippen LogP contribution in [-0.2, 0) is 0 Å². The van der Waals surface area contributed by atoms with Crippen LogP contribution in [-0.4, -0.2) is 30.1 Å². The Kier molecular flexibility index (Phi) is 2.89. The van der Waals surface area contributed by atoms with Crippen LogP contribution in [0.3, 0.4) is 0 Å². The lowest BCUT2D eigenvalue weighted by atomic mass is 9.83. The zero-order valence-corrected chi connectivity index (χ0v) is 8.71. The Labute approximate surface area is 81.5 Å². The number of rotatable bonds is 2. The Morgan fingerprint density at radius 2 is 1.77 bits per heavy atom. The summed E-state index contributed by atoms with van der Waals surface area (Å²) in [5.74, 6) is 1.02. The SMILES string of the molecule is CCC1CCC(N2CC(N)C2)CC1. The van der Waals surface area contributed by atoms with E-state index in [4.69, 9.17) is 5.73 Å². The molecule has 13 heavy (non-hydrogen) atoms. The van der Waals surface area contributed by atoms with E-state index < -0.39 is 0 Å². The first-order valence-electron chi connectivity index (χ1n) is 5.79. The number of hydrogen-bond donors (Lipinski definition) is 1. The molecule has 1 aliphatic carbocycles. The molecule has 2 rings (SSSR count). The van der Waals surface area contributed by atoms with Crippen molar-refractivity contribution in [2.24, 2.45) is 11.7 Å². The predicted molar refractivity (Wildman–Crippen MR) is 55.6 cm³/mol. The molecule has 2 fully saturated rings. The molecule has 0 unspecified atom stereocenters. The van der Waals surface area contributed by atoms with Crippen LogP contribution in [0.4, 0.5) is 0 Å². The maximum atomic E-state index is 5.79. The molecule has 0 aromatic rings. The Morgan fingerprint density at radius 3 is 2.23 bits per heavy atom. The molecule has 1 saturated heterocycles. The smallest absolute Gasteiger partial charge is 0.0297 e. The second-order valence-electron chi connectivity index (χ2n) is 4.80. The van der Waals surface area contributed by atoms with Crippen molar-refractivity contribution in [3.05, 3.63) is 0 Å². The van der Waals surface area contributed by atoms with Gasteiger partial charge in [-0.1, -0.05) is 13.3 Å². The molecule has 0 atom stereocenters. The fraction of sp³-hybridized carbons (Fsp3) is 1.00. The van der Waals surface area contributed by atoms with Crippen LogP contribution >= 0.6 is 0 Å². The van der Waals surface area contributed by atoms with E-state index in [0.29, 0.717) is 6.04 Å². The zero-order valence-electron chi connectivity index (χ0n) is 8.71. The minimum atomic E-state index is 0.476. The van der Waals surface area contributed by atoms with Crippen LogP contribution in [0.2, 0.25) is 0 Å². The highest BCUT2D eigenvalue weighted by atomic mass is 15.2. The number of nitrogens with two attached hydrogens (primary N) is 1. The van der Waals surface area contributed by atoms with Gasteiger partial charge in [-0.25, -0.2) is 0 Å². The number of likely N-dealkylation sites (tertiary alicyclic amines) is 1. The van der Waals surface area contributed by atoms with Gasteiger partial charge in [-0.15, -0.1) is 0 Å². The van der Waals surface area contributed by atoms with Crippen LogP contribution in [0, 0.1) is 5.92 Å². The van der Waals surface area contributed by atoms with Gasteiger partial charge in [0.05, 0.1) is 0 Å². The molecule has 0 spiro atoms. The van der Waals surface area contributed by atoms with Gasteiger partial charge in [0.25, 0.3) is 0 Å². The average molecular weight is 182 g/mol. The van der Waals surface area contributed by atoms with E-state index in [-0.39, 0.29) is 0 Å². The summed E-state index contributed by atoms with van der Waals surface area (Å²) in [7, 11) is 0. The van der Waals surface area contributed by atoms with Crippen molar-refractivity contribution in [3.8, 4) is 0 Å². The zero-order chi connectivity index (χ0) is 9.26. The van der Waals surface area contributed by atoms with Gasteiger partial charge in [-0.3, -0.25) is 4.90 Å². The Morgan fingerprint density at radius 1 is 1.15 bits per heavy atom. The standard InChI is InChI=1S/C11H22N2/c1-2-9-3-5-11(6-4-9)13-7-10(12)8-13/h9-11H,2-8,12H2,1H3. The highest BCUT2D eigenvalue weighted by Crippen LogP contribution is 2.30. The van der Waals surface area contributed by atoms with Crippen molar-refractivity contribution in [1.82, 2.24) is 4.90 Å². The van der Waals surface area contributed by atoms with E-state index >= 15 is 0 Å². The fourth-order valence-corrected chi connectivity index (χ4v) is 2.77. The third-order valence-electron chi connectivity index (χ3n) is 3.85. The minimum absolute atomic E-state index is 0.476. The Bertz CT molecular complexity index is 155. The molecule has 1 aliphatic heterocycles. The maximum Gasteiger partial charge on any atom is 0.0297 e. The summed E-state index contributed by atoms with van der Waals surface area (Å²) in [5, 5.41) is 0. The highest BCUT2D eigenvalue weighted by Gasteiger charge is 2.31. The molecule has 0 amide bonds. The highest BCUT2D eigenvalue weighted by molar-refractivity contribution is 4.89. The predicted octanol–water partition coefficient (Wildman–Crippen LogP) is 1.60. The third kappa shape index (κ3) is 2.05. The summed E-state index contributed by atoms with van der Waals surface area (Å²) < 4.78 is 0. The minimum Gasteiger partial charge on any atom is -0.325 e. The Balaban J connectivity index is 1.72. The van der Waals surface area contributed by atoms with Crippen LogP contribution < -0.4 is 5.73 Å². The van der Waals surface area contributed by atoms with Crippen molar-refractivity contribution in [3.63, 3.8) is 0 Å². The summed E-state index contributed by atoms with van der Waals surface area (Å²) in [6, 6.07) is 1.35. The lowest BCUT2D eigenvalue weighted by Gasteiger charge is -2.45. The van der Waals surface area contributed by atoms with E-state index in [1.165, 1.54) is 32.1 Å². The molecule has 76 valence electrons. The van der Waals surface area contributed by atoms with Gasteiger partial charge >= 0.3 is 0 Å². The van der Waals surface area contributed by atoms with Crippen LogP contribution in [0.1, 0.15) is 39.0 Å².